The van der Waals surface area contributed by atoms with Gasteiger partial charge in [0.05, 0.1) is 4.91 Å². The number of halogens is 1. The topological polar surface area (TPSA) is 75.7 Å². The van der Waals surface area contributed by atoms with Gasteiger partial charge in [-0.05, 0) is 48.2 Å². The number of ether oxygens (including phenoxy) is 1. The van der Waals surface area contributed by atoms with Gasteiger partial charge in [-0.2, -0.15) is 0 Å². The molecular formula is C21H17FN2O4S. The number of imide groups is 1. The monoisotopic (exact) mass is 412 g/mol. The molecule has 6 nitrogen and oxygen atoms in total. The molecule has 0 radical (unpaired) electrons. The van der Waals surface area contributed by atoms with Crippen LogP contribution in [0.25, 0.3) is 6.08 Å². The van der Waals surface area contributed by atoms with E-state index in [4.69, 9.17) is 4.74 Å². The highest BCUT2D eigenvalue weighted by Crippen LogP contribution is 2.33. The normalized spacial score (nSPS) is 14.9. The average Bonchev–Trinajstić information content (AvgIpc) is 2.96. The number of hydrogen-bond acceptors (Lipinski definition) is 5. The Morgan fingerprint density at radius 2 is 1.90 bits per heavy atom. The third-order valence-corrected chi connectivity index (χ3v) is 4.77. The summed E-state index contributed by atoms with van der Waals surface area (Å²) >= 11 is 0.753. The molecule has 29 heavy (non-hydrogen) atoms. The summed E-state index contributed by atoms with van der Waals surface area (Å²) in [6.07, 6.45) is 3.16. The van der Waals surface area contributed by atoms with Crippen LogP contribution in [-0.2, 0) is 9.59 Å². The molecule has 1 aliphatic heterocycles. The van der Waals surface area contributed by atoms with E-state index in [0.717, 1.165) is 16.7 Å². The average molecular weight is 412 g/mol. The molecule has 3 amide bonds. The van der Waals surface area contributed by atoms with Crippen LogP contribution in [0.1, 0.15) is 5.56 Å². The van der Waals surface area contributed by atoms with Crippen molar-refractivity contribution in [3.8, 4) is 5.75 Å². The maximum atomic E-state index is 12.9. The molecule has 0 saturated carbocycles. The highest BCUT2D eigenvalue weighted by molar-refractivity contribution is 8.18. The Labute approximate surface area is 171 Å². The van der Waals surface area contributed by atoms with Crippen molar-refractivity contribution < 1.29 is 23.5 Å². The van der Waals surface area contributed by atoms with Gasteiger partial charge in [-0.1, -0.05) is 30.9 Å². The second kappa shape index (κ2) is 9.20. The molecule has 148 valence electrons. The Kier molecular flexibility index (Phi) is 6.46. The van der Waals surface area contributed by atoms with Crippen molar-refractivity contribution in [1.29, 1.82) is 0 Å². The number of thioether (sulfide) groups is 1. The van der Waals surface area contributed by atoms with Gasteiger partial charge in [0.25, 0.3) is 11.1 Å². The Bertz CT molecular complexity index is 988. The predicted molar refractivity (Wildman–Crippen MR) is 110 cm³/mol. The molecule has 3 rings (SSSR count). The molecule has 0 aliphatic carbocycles. The SMILES string of the molecule is C=CCOc1ccccc1/C=C1\SC(=O)N(CC(=O)Nc2ccc(F)cc2)C1=O. The van der Waals surface area contributed by atoms with Gasteiger partial charge in [-0.15, -0.1) is 0 Å². The third kappa shape index (κ3) is 5.11. The number of rotatable bonds is 7. The van der Waals surface area contributed by atoms with Crippen LogP contribution in [0.5, 0.6) is 5.75 Å². The van der Waals surface area contributed by atoms with E-state index < -0.39 is 29.4 Å². The molecule has 2 aromatic rings. The van der Waals surface area contributed by atoms with Crippen LogP contribution in [0.2, 0.25) is 0 Å². The first-order chi connectivity index (χ1) is 14.0. The summed E-state index contributed by atoms with van der Waals surface area (Å²) in [6, 6.07) is 12.3. The lowest BCUT2D eigenvalue weighted by molar-refractivity contribution is -0.127. The number of carbonyl (C=O) groups excluding carboxylic acids is 3. The van der Waals surface area contributed by atoms with E-state index in [1.807, 2.05) is 0 Å². The van der Waals surface area contributed by atoms with E-state index in [-0.39, 0.29) is 4.91 Å². The fraction of sp³-hybridized carbons (Fsp3) is 0.0952. The quantitative estimate of drug-likeness (QED) is 0.548. The van der Waals surface area contributed by atoms with E-state index in [0.29, 0.717) is 23.6 Å². The summed E-state index contributed by atoms with van der Waals surface area (Å²) in [5.41, 5.74) is 1.00. The molecule has 1 heterocycles. The summed E-state index contributed by atoms with van der Waals surface area (Å²) < 4.78 is 18.5. The highest BCUT2D eigenvalue weighted by Gasteiger charge is 2.36. The van der Waals surface area contributed by atoms with Crippen molar-refractivity contribution in [2.24, 2.45) is 0 Å². The first kappa shape index (κ1) is 20.3. The summed E-state index contributed by atoms with van der Waals surface area (Å²) in [5, 5.41) is 1.98. The van der Waals surface area contributed by atoms with Crippen molar-refractivity contribution in [1.82, 2.24) is 4.90 Å². The Hall–Kier alpha value is -3.39. The summed E-state index contributed by atoms with van der Waals surface area (Å²) in [6.45, 7) is 3.46. The Balaban J connectivity index is 1.71. The maximum Gasteiger partial charge on any atom is 0.294 e. The van der Waals surface area contributed by atoms with Gasteiger partial charge in [0, 0.05) is 11.3 Å². The van der Waals surface area contributed by atoms with Gasteiger partial charge in [0.2, 0.25) is 5.91 Å². The van der Waals surface area contributed by atoms with Crippen LogP contribution >= 0.6 is 11.8 Å². The van der Waals surface area contributed by atoms with Crippen LogP contribution in [0, 0.1) is 5.82 Å². The highest BCUT2D eigenvalue weighted by atomic mass is 32.2. The van der Waals surface area contributed by atoms with Crippen LogP contribution < -0.4 is 10.1 Å². The molecule has 8 heteroatoms. The molecule has 1 saturated heterocycles. The fourth-order valence-electron chi connectivity index (χ4n) is 2.53. The molecule has 0 spiro atoms. The number of hydrogen-bond donors (Lipinski definition) is 1. The van der Waals surface area contributed by atoms with Crippen molar-refractivity contribution in [2.75, 3.05) is 18.5 Å². The van der Waals surface area contributed by atoms with E-state index in [1.165, 1.54) is 24.3 Å². The van der Waals surface area contributed by atoms with Crippen molar-refractivity contribution in [3.05, 3.63) is 77.5 Å². The molecular weight excluding hydrogens is 395 g/mol. The maximum absolute atomic E-state index is 12.9. The summed E-state index contributed by atoms with van der Waals surface area (Å²) in [7, 11) is 0. The number of amides is 3. The number of anilines is 1. The van der Waals surface area contributed by atoms with Crippen LogP contribution in [0.15, 0.2) is 66.1 Å². The van der Waals surface area contributed by atoms with Gasteiger partial charge < -0.3 is 10.1 Å². The first-order valence-electron chi connectivity index (χ1n) is 8.61. The van der Waals surface area contributed by atoms with Gasteiger partial charge in [0.15, 0.2) is 0 Å². The van der Waals surface area contributed by atoms with Gasteiger partial charge in [-0.25, -0.2) is 4.39 Å². The molecule has 2 aromatic carbocycles. The molecule has 1 aliphatic rings. The zero-order valence-corrected chi connectivity index (χ0v) is 16.1. The molecule has 1 fully saturated rings. The first-order valence-corrected chi connectivity index (χ1v) is 9.43. The number of nitrogens with zero attached hydrogens (tertiary/aromatic N) is 1. The number of para-hydroxylation sites is 1. The minimum atomic E-state index is -0.562. The Morgan fingerprint density at radius 1 is 1.17 bits per heavy atom. The lowest BCUT2D eigenvalue weighted by Crippen LogP contribution is -2.36. The minimum absolute atomic E-state index is 0.194. The predicted octanol–water partition coefficient (Wildman–Crippen LogP) is 4.07. The molecule has 0 atom stereocenters. The molecule has 0 bridgehead atoms. The largest absolute Gasteiger partial charge is 0.489 e. The smallest absolute Gasteiger partial charge is 0.294 e. The third-order valence-electron chi connectivity index (χ3n) is 3.87. The fourth-order valence-corrected chi connectivity index (χ4v) is 3.36. The van der Waals surface area contributed by atoms with Crippen LogP contribution in [0.4, 0.5) is 14.9 Å². The van der Waals surface area contributed by atoms with E-state index in [1.54, 1.807) is 36.4 Å². The van der Waals surface area contributed by atoms with Crippen molar-refractivity contribution in [3.63, 3.8) is 0 Å². The minimum Gasteiger partial charge on any atom is -0.489 e. The zero-order chi connectivity index (χ0) is 20.8. The van der Waals surface area contributed by atoms with E-state index in [9.17, 15) is 18.8 Å². The van der Waals surface area contributed by atoms with Gasteiger partial charge >= 0.3 is 0 Å². The molecule has 1 N–H and O–H groups in total. The van der Waals surface area contributed by atoms with E-state index >= 15 is 0 Å². The lowest BCUT2D eigenvalue weighted by Gasteiger charge is -2.12. The van der Waals surface area contributed by atoms with Crippen LogP contribution in [0.3, 0.4) is 0 Å². The lowest BCUT2D eigenvalue weighted by atomic mass is 10.2. The number of carbonyl (C=O) groups is 3. The Morgan fingerprint density at radius 3 is 2.62 bits per heavy atom. The second-order valence-corrected chi connectivity index (χ2v) is 6.95. The van der Waals surface area contributed by atoms with Crippen molar-refractivity contribution in [2.45, 2.75) is 0 Å². The van der Waals surface area contributed by atoms with Gasteiger partial charge in [-0.3, -0.25) is 19.3 Å². The molecule has 0 aromatic heterocycles. The van der Waals surface area contributed by atoms with Gasteiger partial charge in [0.1, 0.15) is 24.7 Å². The standard InChI is InChI=1S/C21H17FN2O4S/c1-2-11-28-17-6-4-3-5-14(17)12-18-20(26)24(21(27)29-18)13-19(25)23-16-9-7-15(22)8-10-16/h2-10,12H,1,11,13H2,(H,23,25)/b18-12-. The number of benzene rings is 2. The second-order valence-electron chi connectivity index (χ2n) is 5.96. The molecule has 0 unspecified atom stereocenters. The number of nitrogens with one attached hydrogen (secondary N) is 1. The van der Waals surface area contributed by atoms with Crippen LogP contribution in [-0.4, -0.2) is 35.1 Å². The summed E-state index contributed by atoms with van der Waals surface area (Å²) in [4.78, 5) is 38.1. The zero-order valence-electron chi connectivity index (χ0n) is 15.3. The summed E-state index contributed by atoms with van der Waals surface area (Å²) in [5.74, 6) is -1.01. The van der Waals surface area contributed by atoms with E-state index in [2.05, 4.69) is 11.9 Å². The van der Waals surface area contributed by atoms with Crippen molar-refractivity contribution >= 4 is 40.6 Å².